The number of hydrogen-bond acceptors (Lipinski definition) is 7. The number of nitrogens with zero attached hydrogens (tertiary/aromatic N) is 4. The van der Waals surface area contributed by atoms with E-state index in [0.717, 1.165) is 11.1 Å². The summed E-state index contributed by atoms with van der Waals surface area (Å²) in [5.74, 6) is 0. The molecule has 2 aliphatic rings. The van der Waals surface area contributed by atoms with Gasteiger partial charge in [0.05, 0.1) is 17.0 Å². The Balaban J connectivity index is 1.25. The molecule has 30 heavy (non-hydrogen) atoms. The number of fused-ring (bicyclic) bond motifs is 1. The summed E-state index contributed by atoms with van der Waals surface area (Å²) in [5, 5.41) is 10.6. The SMILES string of the molecule is O=S(=O)(c1ccccc1)N1C[C@H](O)[C@@H](N2CCN(c3nc4ccccc4o3)CC2)C1. The third kappa shape index (κ3) is 3.47. The van der Waals surface area contributed by atoms with E-state index < -0.39 is 16.1 Å². The summed E-state index contributed by atoms with van der Waals surface area (Å²) in [6.45, 7) is 3.25. The Morgan fingerprint density at radius 2 is 1.63 bits per heavy atom. The van der Waals surface area contributed by atoms with Crippen molar-refractivity contribution in [2.24, 2.45) is 0 Å². The van der Waals surface area contributed by atoms with Gasteiger partial charge >= 0.3 is 0 Å². The maximum absolute atomic E-state index is 12.9. The molecule has 158 valence electrons. The fraction of sp³-hybridized carbons (Fsp3) is 0.381. The minimum absolute atomic E-state index is 0.118. The number of aliphatic hydroxyl groups is 1. The number of para-hydroxylation sites is 2. The summed E-state index contributed by atoms with van der Waals surface area (Å²) in [5.41, 5.74) is 1.60. The third-order valence-electron chi connectivity index (χ3n) is 5.94. The van der Waals surface area contributed by atoms with Crippen LogP contribution in [0, 0.1) is 0 Å². The third-order valence-corrected chi connectivity index (χ3v) is 7.79. The van der Waals surface area contributed by atoms with Gasteiger partial charge in [0, 0.05) is 39.3 Å². The number of anilines is 1. The number of piperazine rings is 1. The molecule has 2 saturated heterocycles. The van der Waals surface area contributed by atoms with Gasteiger partial charge in [0.1, 0.15) is 5.52 Å². The van der Waals surface area contributed by atoms with Gasteiger partial charge in [-0.2, -0.15) is 9.29 Å². The molecule has 0 spiro atoms. The molecular weight excluding hydrogens is 404 g/mol. The van der Waals surface area contributed by atoms with Crippen LogP contribution in [0.1, 0.15) is 0 Å². The van der Waals surface area contributed by atoms with Crippen molar-refractivity contribution in [2.45, 2.75) is 17.0 Å². The smallest absolute Gasteiger partial charge is 0.298 e. The van der Waals surface area contributed by atoms with E-state index in [-0.39, 0.29) is 17.5 Å². The molecule has 3 heterocycles. The lowest BCUT2D eigenvalue weighted by molar-refractivity contribution is 0.0786. The van der Waals surface area contributed by atoms with E-state index >= 15 is 0 Å². The predicted molar refractivity (Wildman–Crippen MR) is 113 cm³/mol. The van der Waals surface area contributed by atoms with Crippen LogP contribution in [0.2, 0.25) is 0 Å². The van der Waals surface area contributed by atoms with Gasteiger partial charge in [0.2, 0.25) is 10.0 Å². The summed E-state index contributed by atoms with van der Waals surface area (Å²) < 4.78 is 33.0. The van der Waals surface area contributed by atoms with Crippen molar-refractivity contribution in [1.29, 1.82) is 0 Å². The molecule has 8 nitrogen and oxygen atoms in total. The molecule has 1 aromatic heterocycles. The standard InChI is InChI=1S/C21H24N4O4S/c26-19-15-25(30(27,28)16-6-2-1-3-7-16)14-18(19)23-10-12-24(13-11-23)21-22-17-8-4-5-9-20(17)29-21/h1-9,18-19,26H,10-15H2/t18-,19-/m0/s1. The monoisotopic (exact) mass is 428 g/mol. The molecule has 2 fully saturated rings. The van der Waals surface area contributed by atoms with Crippen molar-refractivity contribution in [3.05, 3.63) is 54.6 Å². The second-order valence-corrected chi connectivity index (χ2v) is 9.69. The lowest BCUT2D eigenvalue weighted by Crippen LogP contribution is -2.54. The molecule has 3 aromatic rings. The highest BCUT2D eigenvalue weighted by Crippen LogP contribution is 2.27. The van der Waals surface area contributed by atoms with Crippen molar-refractivity contribution >= 4 is 27.1 Å². The van der Waals surface area contributed by atoms with Crippen molar-refractivity contribution in [3.63, 3.8) is 0 Å². The van der Waals surface area contributed by atoms with E-state index in [2.05, 4.69) is 14.8 Å². The molecule has 0 bridgehead atoms. The molecular formula is C21H24N4O4S. The molecule has 0 saturated carbocycles. The number of benzene rings is 2. The van der Waals surface area contributed by atoms with Gasteiger partial charge in [-0.1, -0.05) is 30.3 Å². The molecule has 0 unspecified atom stereocenters. The second kappa shape index (κ2) is 7.66. The number of aliphatic hydroxyl groups excluding tert-OH is 1. The van der Waals surface area contributed by atoms with E-state index in [1.165, 1.54) is 4.31 Å². The number of oxazole rings is 1. The minimum atomic E-state index is -3.60. The molecule has 2 aromatic carbocycles. The highest BCUT2D eigenvalue weighted by Gasteiger charge is 2.42. The van der Waals surface area contributed by atoms with Gasteiger partial charge in [-0.25, -0.2) is 8.42 Å². The number of β-amino-alcohol motifs (C(OH)–C–C–N with tert-alkyl or cyclic N) is 1. The summed E-state index contributed by atoms with van der Waals surface area (Å²) in [7, 11) is -3.60. The average molecular weight is 429 g/mol. The zero-order valence-electron chi connectivity index (χ0n) is 16.5. The Morgan fingerprint density at radius 1 is 0.933 bits per heavy atom. The van der Waals surface area contributed by atoms with Crippen LogP contribution in [0.4, 0.5) is 6.01 Å². The first-order chi connectivity index (χ1) is 14.5. The molecule has 0 radical (unpaired) electrons. The fourth-order valence-electron chi connectivity index (χ4n) is 4.27. The lowest BCUT2D eigenvalue weighted by atomic mass is 10.1. The van der Waals surface area contributed by atoms with Gasteiger partial charge in [-0.3, -0.25) is 4.90 Å². The minimum Gasteiger partial charge on any atom is -0.423 e. The predicted octanol–water partition coefficient (Wildman–Crippen LogP) is 1.38. The molecule has 2 aliphatic heterocycles. The van der Waals surface area contributed by atoms with E-state index in [9.17, 15) is 13.5 Å². The molecule has 0 amide bonds. The summed E-state index contributed by atoms with van der Waals surface area (Å²) in [6.07, 6.45) is -0.709. The van der Waals surface area contributed by atoms with Crippen LogP contribution >= 0.6 is 0 Å². The van der Waals surface area contributed by atoms with Gasteiger partial charge in [-0.05, 0) is 24.3 Å². The Kier molecular flexibility index (Phi) is 4.98. The highest BCUT2D eigenvalue weighted by atomic mass is 32.2. The maximum Gasteiger partial charge on any atom is 0.298 e. The average Bonchev–Trinajstić information content (AvgIpc) is 3.38. The highest BCUT2D eigenvalue weighted by molar-refractivity contribution is 7.89. The van der Waals surface area contributed by atoms with Crippen molar-refractivity contribution < 1.29 is 17.9 Å². The van der Waals surface area contributed by atoms with Gasteiger partial charge in [0.25, 0.3) is 6.01 Å². The van der Waals surface area contributed by atoms with Crippen molar-refractivity contribution in [1.82, 2.24) is 14.2 Å². The van der Waals surface area contributed by atoms with Gasteiger partial charge in [-0.15, -0.1) is 0 Å². The van der Waals surface area contributed by atoms with Crippen LogP contribution in [0.15, 0.2) is 63.9 Å². The fourth-order valence-corrected chi connectivity index (χ4v) is 5.77. The zero-order valence-corrected chi connectivity index (χ0v) is 17.3. The van der Waals surface area contributed by atoms with Crippen LogP contribution in [0.3, 0.4) is 0 Å². The first kappa shape index (κ1) is 19.5. The van der Waals surface area contributed by atoms with Gasteiger partial charge in [0.15, 0.2) is 5.58 Å². The van der Waals surface area contributed by atoms with Gasteiger partial charge < -0.3 is 14.4 Å². The number of rotatable bonds is 4. The molecule has 2 atom stereocenters. The summed E-state index contributed by atoms with van der Waals surface area (Å²) in [4.78, 5) is 9.08. The summed E-state index contributed by atoms with van der Waals surface area (Å²) >= 11 is 0. The van der Waals surface area contributed by atoms with E-state index in [1.807, 2.05) is 24.3 Å². The Labute approximate surface area is 175 Å². The van der Waals surface area contributed by atoms with Crippen LogP contribution in [-0.4, -0.2) is 79.1 Å². The lowest BCUT2D eigenvalue weighted by Gasteiger charge is -2.38. The van der Waals surface area contributed by atoms with Crippen LogP contribution in [-0.2, 0) is 10.0 Å². The van der Waals surface area contributed by atoms with Crippen LogP contribution in [0.25, 0.3) is 11.1 Å². The van der Waals surface area contributed by atoms with E-state index in [4.69, 9.17) is 4.42 Å². The molecule has 1 N–H and O–H groups in total. The number of sulfonamides is 1. The Hall–Kier alpha value is -2.46. The van der Waals surface area contributed by atoms with Crippen LogP contribution in [0.5, 0.6) is 0 Å². The largest absolute Gasteiger partial charge is 0.423 e. The normalized spacial score (nSPS) is 24.0. The first-order valence-corrected chi connectivity index (χ1v) is 11.5. The molecule has 5 rings (SSSR count). The maximum atomic E-state index is 12.9. The molecule has 0 aliphatic carbocycles. The number of hydrogen-bond donors (Lipinski definition) is 1. The summed E-state index contributed by atoms with van der Waals surface area (Å²) in [6, 6.07) is 16.5. The number of aromatic nitrogens is 1. The van der Waals surface area contributed by atoms with E-state index in [1.54, 1.807) is 30.3 Å². The van der Waals surface area contributed by atoms with Crippen molar-refractivity contribution in [2.75, 3.05) is 44.2 Å². The topological polar surface area (TPSA) is 90.1 Å². The second-order valence-electron chi connectivity index (χ2n) is 7.76. The van der Waals surface area contributed by atoms with E-state index in [0.29, 0.717) is 38.7 Å². The zero-order chi connectivity index (χ0) is 20.7. The first-order valence-electron chi connectivity index (χ1n) is 10.1. The Bertz CT molecular complexity index is 1090. The van der Waals surface area contributed by atoms with Crippen molar-refractivity contribution in [3.8, 4) is 0 Å². The quantitative estimate of drug-likeness (QED) is 0.671. The Morgan fingerprint density at radius 3 is 2.37 bits per heavy atom. The van der Waals surface area contributed by atoms with Crippen LogP contribution < -0.4 is 4.90 Å². The molecule has 9 heteroatoms.